The molecule has 0 fully saturated rings. The summed E-state index contributed by atoms with van der Waals surface area (Å²) in [5.41, 5.74) is 8.40. The first-order valence-electron chi connectivity index (χ1n) is 8.01. The maximum absolute atomic E-state index is 12.0. The number of halogens is 1. The van der Waals surface area contributed by atoms with E-state index in [1.54, 1.807) is 0 Å². The van der Waals surface area contributed by atoms with Crippen LogP contribution in [0.15, 0.2) is 42.5 Å². The van der Waals surface area contributed by atoms with Gasteiger partial charge in [0.15, 0.2) is 6.61 Å². The van der Waals surface area contributed by atoms with Gasteiger partial charge in [-0.2, -0.15) is 0 Å². The molecule has 6 heteroatoms. The van der Waals surface area contributed by atoms with Crippen LogP contribution in [0, 0.1) is 0 Å². The number of carbonyl (C=O) groups excluding carboxylic acids is 2. The van der Waals surface area contributed by atoms with Crippen molar-refractivity contribution in [3.05, 3.63) is 64.2 Å². The molecule has 1 atom stereocenters. The van der Waals surface area contributed by atoms with Crippen LogP contribution >= 0.6 is 11.6 Å². The lowest BCUT2D eigenvalue weighted by Crippen LogP contribution is -2.31. The number of carbonyl (C=O) groups is 2. The quantitative estimate of drug-likeness (QED) is 0.610. The van der Waals surface area contributed by atoms with Crippen molar-refractivity contribution in [3.8, 4) is 0 Å². The van der Waals surface area contributed by atoms with Gasteiger partial charge < -0.3 is 15.8 Å². The number of nitrogens with one attached hydrogen (secondary N) is 1. The van der Waals surface area contributed by atoms with Crippen LogP contribution in [0.5, 0.6) is 0 Å². The predicted octanol–water partition coefficient (Wildman–Crippen LogP) is 3.52. The van der Waals surface area contributed by atoms with Crippen molar-refractivity contribution >= 4 is 29.2 Å². The van der Waals surface area contributed by atoms with E-state index in [9.17, 15) is 9.59 Å². The summed E-state index contributed by atoms with van der Waals surface area (Å²) in [7, 11) is 0. The number of anilines is 1. The minimum atomic E-state index is -0.626. The summed E-state index contributed by atoms with van der Waals surface area (Å²) in [6, 6.07) is 12.3. The fourth-order valence-corrected chi connectivity index (χ4v) is 2.41. The molecule has 1 amide bonds. The molecule has 0 heterocycles. The van der Waals surface area contributed by atoms with E-state index in [1.165, 1.54) is 23.8 Å². The van der Waals surface area contributed by atoms with Gasteiger partial charge in [0, 0.05) is 0 Å². The van der Waals surface area contributed by atoms with E-state index in [0.717, 1.165) is 12.0 Å². The highest BCUT2D eigenvalue weighted by molar-refractivity contribution is 6.33. The first-order valence-corrected chi connectivity index (χ1v) is 8.38. The zero-order valence-corrected chi connectivity index (χ0v) is 15.0. The Kier molecular flexibility index (Phi) is 6.42. The zero-order valence-electron chi connectivity index (χ0n) is 14.2. The molecule has 0 saturated carbocycles. The number of rotatable bonds is 6. The second-order valence-electron chi connectivity index (χ2n) is 5.70. The van der Waals surface area contributed by atoms with Crippen molar-refractivity contribution in [2.75, 3.05) is 12.3 Å². The van der Waals surface area contributed by atoms with Gasteiger partial charge in [-0.1, -0.05) is 42.8 Å². The largest absolute Gasteiger partial charge is 0.452 e. The van der Waals surface area contributed by atoms with Gasteiger partial charge in [0.2, 0.25) is 0 Å². The molecule has 0 bridgehead atoms. The number of ether oxygens (including phenoxy) is 1. The highest BCUT2D eigenvalue weighted by atomic mass is 35.5. The normalized spacial score (nSPS) is 11.6. The van der Waals surface area contributed by atoms with Crippen molar-refractivity contribution < 1.29 is 14.3 Å². The third-order valence-corrected chi connectivity index (χ3v) is 4.18. The Bertz CT molecular complexity index is 760. The first kappa shape index (κ1) is 18.8. The Morgan fingerprint density at radius 3 is 2.48 bits per heavy atom. The summed E-state index contributed by atoms with van der Waals surface area (Å²) in [5, 5.41) is 3.16. The number of nitrogen functional groups attached to an aromatic ring is 1. The molecule has 5 nitrogen and oxygen atoms in total. The number of hydrogen-bond acceptors (Lipinski definition) is 4. The van der Waals surface area contributed by atoms with Crippen molar-refractivity contribution in [1.82, 2.24) is 5.32 Å². The SMILES string of the molecule is CCc1ccc([C@H](C)NC(=O)COC(=O)c2ccc(Cl)c(N)c2)cc1. The van der Waals surface area contributed by atoms with Crippen molar-refractivity contribution in [2.45, 2.75) is 26.3 Å². The topological polar surface area (TPSA) is 81.4 Å². The summed E-state index contributed by atoms with van der Waals surface area (Å²) >= 11 is 5.81. The van der Waals surface area contributed by atoms with Gasteiger partial charge in [0.1, 0.15) is 0 Å². The van der Waals surface area contributed by atoms with E-state index < -0.39 is 5.97 Å². The van der Waals surface area contributed by atoms with Gasteiger partial charge in [-0.05, 0) is 42.7 Å². The Hall–Kier alpha value is -2.53. The van der Waals surface area contributed by atoms with Crippen LogP contribution in [0.4, 0.5) is 5.69 Å². The molecule has 0 unspecified atom stereocenters. The standard InChI is InChI=1S/C19H21ClN2O3/c1-3-13-4-6-14(7-5-13)12(2)22-18(23)11-25-19(24)15-8-9-16(20)17(21)10-15/h4-10,12H,3,11,21H2,1-2H3,(H,22,23)/t12-/m0/s1. The maximum atomic E-state index is 12.0. The Labute approximate surface area is 152 Å². The second kappa shape index (κ2) is 8.53. The maximum Gasteiger partial charge on any atom is 0.338 e. The van der Waals surface area contributed by atoms with E-state index >= 15 is 0 Å². The summed E-state index contributed by atoms with van der Waals surface area (Å²) in [5.74, 6) is -0.999. The Balaban J connectivity index is 1.86. The van der Waals surface area contributed by atoms with Crippen molar-refractivity contribution in [2.24, 2.45) is 0 Å². The third kappa shape index (κ3) is 5.22. The molecule has 0 aromatic heterocycles. The minimum absolute atomic E-state index is 0.178. The lowest BCUT2D eigenvalue weighted by molar-refractivity contribution is -0.124. The summed E-state index contributed by atoms with van der Waals surface area (Å²) < 4.78 is 5.01. The molecule has 2 aromatic carbocycles. The summed E-state index contributed by atoms with van der Waals surface area (Å²) in [6.07, 6.45) is 0.964. The number of nitrogens with two attached hydrogens (primary N) is 1. The molecule has 3 N–H and O–H groups in total. The average molecular weight is 361 g/mol. The number of benzene rings is 2. The fraction of sp³-hybridized carbons (Fsp3) is 0.263. The van der Waals surface area contributed by atoms with Crippen LogP contribution in [0.3, 0.4) is 0 Å². The fourth-order valence-electron chi connectivity index (χ4n) is 2.29. The van der Waals surface area contributed by atoms with Crippen molar-refractivity contribution in [1.29, 1.82) is 0 Å². The first-order chi connectivity index (χ1) is 11.9. The molecule has 25 heavy (non-hydrogen) atoms. The molecular formula is C19H21ClN2O3. The van der Waals surface area contributed by atoms with Gasteiger partial charge in [0.05, 0.1) is 22.3 Å². The molecule has 132 valence electrons. The number of aryl methyl sites for hydroxylation is 1. The van der Waals surface area contributed by atoms with Crippen LogP contribution in [-0.4, -0.2) is 18.5 Å². The molecule has 2 rings (SSSR count). The molecule has 0 aliphatic carbocycles. The van der Waals surface area contributed by atoms with Gasteiger partial charge in [0.25, 0.3) is 5.91 Å². The van der Waals surface area contributed by atoms with Crippen molar-refractivity contribution in [3.63, 3.8) is 0 Å². The zero-order chi connectivity index (χ0) is 18.4. The molecular weight excluding hydrogens is 340 g/mol. The van der Waals surface area contributed by atoms with Crippen LogP contribution in [0.25, 0.3) is 0 Å². The van der Waals surface area contributed by atoms with E-state index in [2.05, 4.69) is 12.2 Å². The molecule has 2 aromatic rings. The lowest BCUT2D eigenvalue weighted by Gasteiger charge is -2.15. The monoisotopic (exact) mass is 360 g/mol. The second-order valence-corrected chi connectivity index (χ2v) is 6.10. The molecule has 0 aliphatic heterocycles. The van der Waals surface area contributed by atoms with Gasteiger partial charge in [-0.15, -0.1) is 0 Å². The van der Waals surface area contributed by atoms with Crippen LogP contribution < -0.4 is 11.1 Å². The minimum Gasteiger partial charge on any atom is -0.452 e. The van der Waals surface area contributed by atoms with Gasteiger partial charge in [-0.3, -0.25) is 4.79 Å². The summed E-state index contributed by atoms with van der Waals surface area (Å²) in [4.78, 5) is 23.9. The summed E-state index contributed by atoms with van der Waals surface area (Å²) in [6.45, 7) is 3.60. The van der Waals surface area contributed by atoms with E-state index in [-0.39, 0.29) is 29.8 Å². The van der Waals surface area contributed by atoms with Gasteiger partial charge >= 0.3 is 5.97 Å². The van der Waals surface area contributed by atoms with Crippen LogP contribution in [-0.2, 0) is 16.0 Å². The van der Waals surface area contributed by atoms with E-state index in [0.29, 0.717) is 5.02 Å². The van der Waals surface area contributed by atoms with E-state index in [1.807, 2.05) is 31.2 Å². The molecule has 0 saturated heterocycles. The number of hydrogen-bond donors (Lipinski definition) is 2. The highest BCUT2D eigenvalue weighted by Gasteiger charge is 2.14. The Morgan fingerprint density at radius 1 is 1.20 bits per heavy atom. The third-order valence-electron chi connectivity index (χ3n) is 3.83. The average Bonchev–Trinajstić information content (AvgIpc) is 2.62. The molecule has 0 aliphatic rings. The lowest BCUT2D eigenvalue weighted by atomic mass is 10.1. The number of amides is 1. The Morgan fingerprint density at radius 2 is 1.88 bits per heavy atom. The van der Waals surface area contributed by atoms with Gasteiger partial charge in [-0.25, -0.2) is 4.79 Å². The van der Waals surface area contributed by atoms with Crippen LogP contribution in [0.1, 0.15) is 41.4 Å². The predicted molar refractivity (Wildman–Crippen MR) is 98.5 cm³/mol. The molecule has 0 spiro atoms. The van der Waals surface area contributed by atoms with E-state index in [4.69, 9.17) is 22.1 Å². The highest BCUT2D eigenvalue weighted by Crippen LogP contribution is 2.20. The smallest absolute Gasteiger partial charge is 0.338 e. The number of esters is 1. The van der Waals surface area contributed by atoms with Crippen LogP contribution in [0.2, 0.25) is 5.02 Å². The molecule has 0 radical (unpaired) electrons.